The van der Waals surface area contributed by atoms with Crippen LogP contribution in [0.4, 0.5) is 5.69 Å². The first-order chi connectivity index (χ1) is 8.20. The van der Waals surface area contributed by atoms with Crippen molar-refractivity contribution in [2.24, 2.45) is 0 Å². The topological polar surface area (TPSA) is 23.6 Å². The van der Waals surface area contributed by atoms with Crippen molar-refractivity contribution in [3.8, 4) is 0 Å². The minimum Gasteiger partial charge on any atom is -0.368 e. The van der Waals surface area contributed by atoms with Crippen molar-refractivity contribution in [2.75, 3.05) is 31.1 Å². The van der Waals surface area contributed by atoms with Gasteiger partial charge >= 0.3 is 0 Å². The van der Waals surface area contributed by atoms with Crippen molar-refractivity contribution < 1.29 is 4.79 Å². The normalized spacial score (nSPS) is 15.8. The molecule has 90 valence electrons. The van der Waals surface area contributed by atoms with Crippen LogP contribution in [0.1, 0.15) is 5.56 Å². The molecule has 0 saturated carbocycles. The highest BCUT2D eigenvalue weighted by atomic mass is 16.2. The van der Waals surface area contributed by atoms with E-state index in [9.17, 15) is 4.79 Å². The largest absolute Gasteiger partial charge is 0.368 e. The first kappa shape index (κ1) is 11.7. The Kier molecular flexibility index (Phi) is 3.47. The third-order valence-corrected chi connectivity index (χ3v) is 3.13. The number of nitrogens with zero attached hydrogens (tertiary/aromatic N) is 2. The summed E-state index contributed by atoms with van der Waals surface area (Å²) in [4.78, 5) is 15.6. The molecule has 1 saturated heterocycles. The van der Waals surface area contributed by atoms with Gasteiger partial charge < -0.3 is 9.80 Å². The second kappa shape index (κ2) is 5.04. The third kappa shape index (κ3) is 2.67. The summed E-state index contributed by atoms with van der Waals surface area (Å²) in [5.41, 5.74) is 2.52. The molecule has 1 aromatic rings. The predicted molar refractivity (Wildman–Crippen MR) is 70.2 cm³/mol. The van der Waals surface area contributed by atoms with Crippen molar-refractivity contribution in [1.29, 1.82) is 0 Å². The number of hydrogen-bond donors (Lipinski definition) is 0. The molecule has 17 heavy (non-hydrogen) atoms. The summed E-state index contributed by atoms with van der Waals surface area (Å²) in [7, 11) is 0. The van der Waals surface area contributed by atoms with Crippen LogP contribution in [0.25, 0.3) is 0 Å². The minimum atomic E-state index is 0.0360. The Balaban J connectivity index is 1.99. The van der Waals surface area contributed by atoms with Crippen LogP contribution < -0.4 is 4.90 Å². The summed E-state index contributed by atoms with van der Waals surface area (Å²) in [6, 6.07) is 8.48. The van der Waals surface area contributed by atoms with E-state index >= 15 is 0 Å². The first-order valence-corrected chi connectivity index (χ1v) is 5.93. The second-order valence-corrected chi connectivity index (χ2v) is 4.36. The van der Waals surface area contributed by atoms with E-state index in [-0.39, 0.29) is 5.91 Å². The number of amides is 1. The van der Waals surface area contributed by atoms with Gasteiger partial charge in [0, 0.05) is 31.9 Å². The fraction of sp³-hybridized carbons (Fsp3) is 0.357. The molecule has 0 unspecified atom stereocenters. The molecule has 0 radical (unpaired) electrons. The van der Waals surface area contributed by atoms with Gasteiger partial charge in [0.05, 0.1) is 0 Å². The number of carbonyl (C=O) groups is 1. The van der Waals surface area contributed by atoms with Crippen molar-refractivity contribution in [1.82, 2.24) is 4.90 Å². The van der Waals surface area contributed by atoms with Crippen LogP contribution in [-0.4, -0.2) is 37.0 Å². The van der Waals surface area contributed by atoms with Gasteiger partial charge in [0.1, 0.15) is 0 Å². The Bertz CT molecular complexity index is 420. The van der Waals surface area contributed by atoms with Crippen molar-refractivity contribution in [3.05, 3.63) is 42.5 Å². The van der Waals surface area contributed by atoms with Gasteiger partial charge in [-0.15, -0.1) is 0 Å². The van der Waals surface area contributed by atoms with Crippen LogP contribution >= 0.6 is 0 Å². The molecule has 0 aromatic heterocycles. The Hall–Kier alpha value is -1.77. The summed E-state index contributed by atoms with van der Waals surface area (Å²) < 4.78 is 0. The van der Waals surface area contributed by atoms with Crippen LogP contribution in [0.15, 0.2) is 36.9 Å². The van der Waals surface area contributed by atoms with Gasteiger partial charge in [0.2, 0.25) is 5.91 Å². The lowest BCUT2D eigenvalue weighted by atomic mass is 10.2. The van der Waals surface area contributed by atoms with E-state index < -0.39 is 0 Å². The van der Waals surface area contributed by atoms with Gasteiger partial charge in [-0.2, -0.15) is 0 Å². The maximum Gasteiger partial charge on any atom is 0.246 e. The number of rotatable bonds is 2. The highest BCUT2D eigenvalue weighted by molar-refractivity contribution is 5.87. The highest BCUT2D eigenvalue weighted by Gasteiger charge is 2.19. The zero-order valence-electron chi connectivity index (χ0n) is 10.2. The van der Waals surface area contributed by atoms with E-state index in [1.165, 1.54) is 17.3 Å². The lowest BCUT2D eigenvalue weighted by molar-refractivity contribution is -0.126. The number of piperazine rings is 1. The molecule has 0 aliphatic carbocycles. The fourth-order valence-corrected chi connectivity index (χ4v) is 2.14. The quantitative estimate of drug-likeness (QED) is 0.724. The van der Waals surface area contributed by atoms with E-state index in [4.69, 9.17) is 0 Å². The molecule has 1 aromatic carbocycles. The molecular weight excluding hydrogens is 212 g/mol. The molecule has 1 aliphatic heterocycles. The smallest absolute Gasteiger partial charge is 0.246 e. The molecule has 1 fully saturated rings. The summed E-state index contributed by atoms with van der Waals surface area (Å²) in [5.74, 6) is 0.0360. The summed E-state index contributed by atoms with van der Waals surface area (Å²) in [5, 5.41) is 0. The molecule has 2 rings (SSSR count). The zero-order chi connectivity index (χ0) is 12.3. The van der Waals surface area contributed by atoms with Crippen molar-refractivity contribution >= 4 is 11.6 Å². The molecule has 3 heteroatoms. The van der Waals surface area contributed by atoms with E-state index in [1.54, 1.807) is 0 Å². The summed E-state index contributed by atoms with van der Waals surface area (Å²) in [6.45, 7) is 8.95. The zero-order valence-corrected chi connectivity index (χ0v) is 10.2. The monoisotopic (exact) mass is 230 g/mol. The molecule has 0 N–H and O–H groups in total. The molecule has 3 nitrogen and oxygen atoms in total. The molecule has 0 spiro atoms. The predicted octanol–water partition coefficient (Wildman–Crippen LogP) is 1.83. The number of anilines is 1. The van der Waals surface area contributed by atoms with Gasteiger partial charge in [-0.25, -0.2) is 0 Å². The maximum absolute atomic E-state index is 11.5. The van der Waals surface area contributed by atoms with E-state index in [0.717, 1.165) is 26.2 Å². The average Bonchev–Trinajstić information content (AvgIpc) is 2.38. The molecule has 0 atom stereocenters. The van der Waals surface area contributed by atoms with Gasteiger partial charge in [-0.1, -0.05) is 18.7 Å². The van der Waals surface area contributed by atoms with Crippen LogP contribution in [0.2, 0.25) is 0 Å². The Morgan fingerprint density at radius 2 is 2.00 bits per heavy atom. The maximum atomic E-state index is 11.5. The van der Waals surface area contributed by atoms with Gasteiger partial charge in [0.25, 0.3) is 0 Å². The first-order valence-electron chi connectivity index (χ1n) is 5.93. The Labute approximate surface area is 102 Å². The minimum absolute atomic E-state index is 0.0360. The SMILES string of the molecule is C=CC(=O)N1CCN(c2cccc(C)c2)CC1. The number of carbonyl (C=O) groups excluding carboxylic acids is 1. The standard InChI is InChI=1S/C14H18N2O/c1-3-14(17)16-9-7-15(8-10-16)13-6-4-5-12(2)11-13/h3-6,11H,1,7-10H2,2H3. The molecule has 1 heterocycles. The highest BCUT2D eigenvalue weighted by Crippen LogP contribution is 2.17. The van der Waals surface area contributed by atoms with Gasteiger partial charge in [0.15, 0.2) is 0 Å². The number of benzene rings is 1. The molecule has 1 aliphatic rings. The van der Waals surface area contributed by atoms with Crippen LogP contribution in [0.5, 0.6) is 0 Å². The van der Waals surface area contributed by atoms with Crippen LogP contribution in [0.3, 0.4) is 0 Å². The molecule has 1 amide bonds. The van der Waals surface area contributed by atoms with E-state index in [2.05, 4.69) is 42.7 Å². The Morgan fingerprint density at radius 1 is 1.29 bits per heavy atom. The summed E-state index contributed by atoms with van der Waals surface area (Å²) >= 11 is 0. The summed E-state index contributed by atoms with van der Waals surface area (Å²) in [6.07, 6.45) is 1.39. The van der Waals surface area contributed by atoms with Gasteiger partial charge in [-0.05, 0) is 30.7 Å². The lowest BCUT2D eigenvalue weighted by Gasteiger charge is -2.35. The van der Waals surface area contributed by atoms with Crippen LogP contribution in [0, 0.1) is 6.92 Å². The van der Waals surface area contributed by atoms with E-state index in [1.807, 2.05) is 4.90 Å². The number of aryl methyl sites for hydroxylation is 1. The van der Waals surface area contributed by atoms with Crippen LogP contribution in [-0.2, 0) is 4.79 Å². The lowest BCUT2D eigenvalue weighted by Crippen LogP contribution is -2.48. The van der Waals surface area contributed by atoms with Gasteiger partial charge in [-0.3, -0.25) is 4.79 Å². The fourth-order valence-electron chi connectivity index (χ4n) is 2.14. The molecular formula is C14H18N2O. The van der Waals surface area contributed by atoms with Crippen molar-refractivity contribution in [2.45, 2.75) is 6.92 Å². The third-order valence-electron chi connectivity index (χ3n) is 3.13. The Morgan fingerprint density at radius 3 is 2.59 bits per heavy atom. The average molecular weight is 230 g/mol. The number of hydrogen-bond acceptors (Lipinski definition) is 2. The van der Waals surface area contributed by atoms with Crippen molar-refractivity contribution in [3.63, 3.8) is 0 Å². The van der Waals surface area contributed by atoms with E-state index in [0.29, 0.717) is 0 Å². The second-order valence-electron chi connectivity index (χ2n) is 4.36. The molecule has 0 bridgehead atoms.